The Labute approximate surface area is 102 Å². The number of hydrogen-bond acceptors (Lipinski definition) is 2. The highest BCUT2D eigenvalue weighted by molar-refractivity contribution is 9.10. The molecular weight excluding hydrogens is 272 g/mol. The van der Waals surface area contributed by atoms with Gasteiger partial charge in [0.25, 0.3) is 0 Å². The van der Waals surface area contributed by atoms with Crippen molar-refractivity contribution >= 4 is 28.1 Å². The highest BCUT2D eigenvalue weighted by atomic mass is 79.9. The highest BCUT2D eigenvalue weighted by Crippen LogP contribution is 2.10. The van der Waals surface area contributed by atoms with E-state index in [2.05, 4.69) is 20.9 Å². The molecule has 0 aliphatic rings. The first kappa shape index (κ1) is 10.5. The Bertz CT molecular complexity index is 507. The Morgan fingerprint density at radius 1 is 1.20 bits per heavy atom. The third-order valence-electron chi connectivity index (χ3n) is 2.05. The lowest BCUT2D eigenvalue weighted by Gasteiger charge is -2.07. The predicted molar refractivity (Wildman–Crippen MR) is 66.3 cm³/mol. The number of aromatic nitrogens is 2. The summed E-state index contributed by atoms with van der Waals surface area (Å²) in [5, 5.41) is 0. The van der Waals surface area contributed by atoms with Crippen LogP contribution in [0.15, 0.2) is 47.3 Å². The van der Waals surface area contributed by atoms with E-state index in [1.807, 2.05) is 35.0 Å². The van der Waals surface area contributed by atoms with Crippen LogP contribution in [-0.2, 0) is 6.54 Å². The van der Waals surface area contributed by atoms with Crippen LogP contribution in [0.4, 0.5) is 0 Å². The largest absolute Gasteiger partial charge is 0.334 e. The molecule has 2 aromatic heterocycles. The number of nitrogens with zero attached hydrogens (tertiary/aromatic N) is 2. The molecule has 0 saturated carbocycles. The second-order valence-corrected chi connectivity index (χ2v) is 4.50. The molecule has 0 aliphatic heterocycles. The van der Waals surface area contributed by atoms with E-state index in [1.165, 1.54) is 5.56 Å². The molecule has 0 radical (unpaired) electrons. The first-order valence-corrected chi connectivity index (χ1v) is 5.71. The van der Waals surface area contributed by atoms with Crippen molar-refractivity contribution in [2.24, 2.45) is 0 Å². The standard InChI is InChI=1S/C11H9BrN2S/c12-10-1-2-11(15)14(8-10)7-9-3-5-13-6-4-9/h1-6,8H,7H2. The molecule has 4 heteroatoms. The SMILES string of the molecule is S=c1ccc(Br)cn1Cc1ccncc1. The molecule has 0 amide bonds. The lowest BCUT2D eigenvalue weighted by atomic mass is 10.2. The summed E-state index contributed by atoms with van der Waals surface area (Å²) in [6.07, 6.45) is 5.57. The van der Waals surface area contributed by atoms with Gasteiger partial charge in [-0.2, -0.15) is 0 Å². The van der Waals surface area contributed by atoms with Crippen molar-refractivity contribution in [2.75, 3.05) is 0 Å². The quantitative estimate of drug-likeness (QED) is 0.785. The summed E-state index contributed by atoms with van der Waals surface area (Å²) in [5.74, 6) is 0. The second-order valence-electron chi connectivity index (χ2n) is 3.17. The summed E-state index contributed by atoms with van der Waals surface area (Å²) >= 11 is 8.67. The van der Waals surface area contributed by atoms with Gasteiger partial charge in [0.2, 0.25) is 0 Å². The maximum absolute atomic E-state index is 5.24. The lowest BCUT2D eigenvalue weighted by Crippen LogP contribution is -2.01. The zero-order chi connectivity index (χ0) is 10.7. The molecule has 0 spiro atoms. The van der Waals surface area contributed by atoms with Crippen LogP contribution in [0.5, 0.6) is 0 Å². The van der Waals surface area contributed by atoms with Gasteiger partial charge in [0, 0.05) is 29.6 Å². The minimum atomic E-state index is 0.779. The molecule has 0 aliphatic carbocycles. The normalized spacial score (nSPS) is 10.2. The van der Waals surface area contributed by atoms with Crippen molar-refractivity contribution < 1.29 is 0 Å². The van der Waals surface area contributed by atoms with Crippen LogP contribution in [0.3, 0.4) is 0 Å². The van der Waals surface area contributed by atoms with Crippen molar-refractivity contribution in [1.82, 2.24) is 9.55 Å². The van der Waals surface area contributed by atoms with Gasteiger partial charge in [0.1, 0.15) is 4.64 Å². The molecular formula is C11H9BrN2S. The van der Waals surface area contributed by atoms with Crippen molar-refractivity contribution in [3.05, 3.63) is 57.5 Å². The molecule has 0 saturated heterocycles. The molecule has 0 N–H and O–H groups in total. The van der Waals surface area contributed by atoms with Gasteiger partial charge in [-0.15, -0.1) is 0 Å². The fraction of sp³-hybridized carbons (Fsp3) is 0.0909. The third-order valence-corrected chi connectivity index (χ3v) is 2.89. The van der Waals surface area contributed by atoms with E-state index in [1.54, 1.807) is 12.4 Å². The van der Waals surface area contributed by atoms with Crippen LogP contribution in [-0.4, -0.2) is 9.55 Å². The fourth-order valence-corrected chi connectivity index (χ4v) is 1.88. The maximum Gasteiger partial charge on any atom is 0.106 e. The van der Waals surface area contributed by atoms with E-state index in [0.717, 1.165) is 15.7 Å². The summed E-state index contributed by atoms with van der Waals surface area (Å²) in [6.45, 7) is 0.779. The van der Waals surface area contributed by atoms with Crippen LogP contribution >= 0.6 is 28.1 Å². The molecule has 76 valence electrons. The summed E-state index contributed by atoms with van der Waals surface area (Å²) < 4.78 is 3.88. The Hall–Kier alpha value is -1.00. The van der Waals surface area contributed by atoms with Gasteiger partial charge in [0.15, 0.2) is 0 Å². The van der Waals surface area contributed by atoms with Gasteiger partial charge < -0.3 is 4.57 Å². The minimum absolute atomic E-state index is 0.779. The zero-order valence-electron chi connectivity index (χ0n) is 7.93. The predicted octanol–water partition coefficient (Wildman–Crippen LogP) is 3.42. The number of pyridine rings is 2. The average molecular weight is 281 g/mol. The van der Waals surface area contributed by atoms with Gasteiger partial charge in [0.05, 0.1) is 0 Å². The van der Waals surface area contributed by atoms with Gasteiger partial charge in [-0.3, -0.25) is 4.98 Å². The van der Waals surface area contributed by atoms with Crippen molar-refractivity contribution in [3.8, 4) is 0 Å². The van der Waals surface area contributed by atoms with Gasteiger partial charge in [-0.1, -0.05) is 12.2 Å². The Morgan fingerprint density at radius 3 is 2.67 bits per heavy atom. The molecule has 0 atom stereocenters. The van der Waals surface area contributed by atoms with Gasteiger partial charge in [-0.25, -0.2) is 0 Å². The van der Waals surface area contributed by atoms with Crippen molar-refractivity contribution in [1.29, 1.82) is 0 Å². The van der Waals surface area contributed by atoms with E-state index in [0.29, 0.717) is 0 Å². The first-order chi connectivity index (χ1) is 7.25. The Morgan fingerprint density at radius 2 is 1.93 bits per heavy atom. The number of halogens is 1. The molecule has 2 aromatic rings. The Kier molecular flexibility index (Phi) is 3.28. The summed E-state index contributed by atoms with van der Waals surface area (Å²) in [6, 6.07) is 7.84. The van der Waals surface area contributed by atoms with E-state index < -0.39 is 0 Å². The van der Waals surface area contributed by atoms with Crippen LogP contribution in [0.25, 0.3) is 0 Å². The molecule has 2 heterocycles. The second kappa shape index (κ2) is 4.68. The smallest absolute Gasteiger partial charge is 0.106 e. The van der Waals surface area contributed by atoms with Crippen LogP contribution in [0.1, 0.15) is 5.56 Å². The summed E-state index contributed by atoms with van der Waals surface area (Å²) in [5.41, 5.74) is 1.19. The average Bonchev–Trinajstić information content (AvgIpc) is 2.25. The fourth-order valence-electron chi connectivity index (χ4n) is 1.31. The zero-order valence-corrected chi connectivity index (χ0v) is 10.3. The molecule has 0 fully saturated rings. The van der Waals surface area contributed by atoms with E-state index >= 15 is 0 Å². The van der Waals surface area contributed by atoms with E-state index in [9.17, 15) is 0 Å². The molecule has 0 aromatic carbocycles. The van der Waals surface area contributed by atoms with Crippen LogP contribution < -0.4 is 0 Å². The molecule has 0 unspecified atom stereocenters. The first-order valence-electron chi connectivity index (χ1n) is 4.50. The van der Waals surface area contributed by atoms with Crippen LogP contribution in [0, 0.1) is 4.64 Å². The Balaban J connectivity index is 2.32. The summed E-state index contributed by atoms with van der Waals surface area (Å²) in [7, 11) is 0. The third kappa shape index (κ3) is 2.73. The number of rotatable bonds is 2. The molecule has 2 nitrogen and oxygen atoms in total. The molecule has 0 bridgehead atoms. The van der Waals surface area contributed by atoms with Gasteiger partial charge in [-0.05, 0) is 45.8 Å². The highest BCUT2D eigenvalue weighted by Gasteiger charge is 1.96. The van der Waals surface area contributed by atoms with Crippen molar-refractivity contribution in [3.63, 3.8) is 0 Å². The summed E-state index contributed by atoms with van der Waals surface area (Å²) in [4.78, 5) is 3.98. The van der Waals surface area contributed by atoms with E-state index in [4.69, 9.17) is 12.2 Å². The number of hydrogen-bond donors (Lipinski definition) is 0. The van der Waals surface area contributed by atoms with E-state index in [-0.39, 0.29) is 0 Å². The van der Waals surface area contributed by atoms with Crippen molar-refractivity contribution in [2.45, 2.75) is 6.54 Å². The molecule has 2 rings (SSSR count). The molecule has 15 heavy (non-hydrogen) atoms. The topological polar surface area (TPSA) is 17.8 Å². The monoisotopic (exact) mass is 280 g/mol. The van der Waals surface area contributed by atoms with Gasteiger partial charge >= 0.3 is 0 Å². The lowest BCUT2D eigenvalue weighted by molar-refractivity contribution is 0.774. The minimum Gasteiger partial charge on any atom is -0.334 e. The van der Waals surface area contributed by atoms with Crippen LogP contribution in [0.2, 0.25) is 0 Å². The maximum atomic E-state index is 5.24.